The van der Waals surface area contributed by atoms with Crippen LogP contribution in [0.2, 0.25) is 0 Å². The fraction of sp³-hybridized carbons (Fsp3) is 0.588. The molecule has 2 saturated heterocycles. The number of rotatable bonds is 3. The zero-order valence-electron chi connectivity index (χ0n) is 13.9. The highest BCUT2D eigenvalue weighted by Gasteiger charge is 2.32. The maximum Gasteiger partial charge on any atom is 0.194 e. The van der Waals surface area contributed by atoms with Crippen molar-refractivity contribution < 1.29 is 9.47 Å². The Hall–Kier alpha value is -0.380. The molecular formula is C17H25BrIN3O2. The fourth-order valence-corrected chi connectivity index (χ4v) is 3.37. The van der Waals surface area contributed by atoms with Crippen molar-refractivity contribution in [3.05, 3.63) is 34.3 Å². The Bertz CT molecular complexity index is 535. The highest BCUT2D eigenvalue weighted by Crippen LogP contribution is 2.21. The van der Waals surface area contributed by atoms with Crippen molar-refractivity contribution in [1.82, 2.24) is 10.2 Å². The monoisotopic (exact) mass is 509 g/mol. The summed E-state index contributed by atoms with van der Waals surface area (Å²) in [6.45, 7) is 4.06. The molecule has 0 spiro atoms. The first-order chi connectivity index (χ1) is 11.3. The first-order valence-corrected chi connectivity index (χ1v) is 8.99. The van der Waals surface area contributed by atoms with E-state index in [2.05, 4.69) is 55.4 Å². The van der Waals surface area contributed by atoms with Gasteiger partial charge >= 0.3 is 0 Å². The van der Waals surface area contributed by atoms with Gasteiger partial charge in [0.2, 0.25) is 0 Å². The molecule has 0 aromatic heterocycles. The lowest BCUT2D eigenvalue weighted by Crippen LogP contribution is -2.53. The molecule has 0 aliphatic carbocycles. The van der Waals surface area contributed by atoms with Crippen molar-refractivity contribution in [3.63, 3.8) is 0 Å². The summed E-state index contributed by atoms with van der Waals surface area (Å²) >= 11 is 3.46. The average Bonchev–Trinajstić information content (AvgIpc) is 3.12. The number of ether oxygens (including phenoxy) is 2. The average molecular weight is 510 g/mol. The van der Waals surface area contributed by atoms with Gasteiger partial charge in [-0.15, -0.1) is 24.0 Å². The molecule has 0 radical (unpaired) electrons. The van der Waals surface area contributed by atoms with Crippen molar-refractivity contribution in [3.8, 4) is 0 Å². The van der Waals surface area contributed by atoms with Crippen molar-refractivity contribution in [2.75, 3.05) is 33.4 Å². The van der Waals surface area contributed by atoms with Crippen LogP contribution in [-0.4, -0.2) is 56.4 Å². The van der Waals surface area contributed by atoms with Crippen LogP contribution in [0.3, 0.4) is 0 Å². The van der Waals surface area contributed by atoms with E-state index < -0.39 is 0 Å². The molecule has 1 aromatic carbocycles. The van der Waals surface area contributed by atoms with Gasteiger partial charge in [-0.2, -0.15) is 0 Å². The lowest BCUT2D eigenvalue weighted by Gasteiger charge is -2.37. The van der Waals surface area contributed by atoms with Crippen LogP contribution >= 0.6 is 39.9 Å². The molecule has 134 valence electrons. The Morgan fingerprint density at radius 3 is 2.67 bits per heavy atom. The zero-order valence-corrected chi connectivity index (χ0v) is 17.8. The van der Waals surface area contributed by atoms with E-state index in [1.165, 1.54) is 5.56 Å². The van der Waals surface area contributed by atoms with Crippen molar-refractivity contribution in [2.24, 2.45) is 4.99 Å². The lowest BCUT2D eigenvalue weighted by atomic mass is 10.1. The second-order valence-corrected chi connectivity index (χ2v) is 6.85. The Morgan fingerprint density at radius 2 is 2.00 bits per heavy atom. The van der Waals surface area contributed by atoms with Gasteiger partial charge in [0.05, 0.1) is 12.7 Å². The Labute approximate surface area is 169 Å². The quantitative estimate of drug-likeness (QED) is 0.386. The largest absolute Gasteiger partial charge is 0.375 e. The summed E-state index contributed by atoms with van der Waals surface area (Å²) in [6, 6.07) is 8.33. The SMILES string of the molecule is CN=C(NCc1ccc(Br)cc1)N1CCOC(C2CCCO2)C1.I. The van der Waals surface area contributed by atoms with E-state index in [-0.39, 0.29) is 36.2 Å². The minimum atomic E-state index is 0. The van der Waals surface area contributed by atoms with Gasteiger partial charge in [-0.3, -0.25) is 4.99 Å². The molecule has 2 aliphatic rings. The van der Waals surface area contributed by atoms with E-state index in [4.69, 9.17) is 9.47 Å². The lowest BCUT2D eigenvalue weighted by molar-refractivity contribution is -0.0817. The molecule has 2 heterocycles. The summed E-state index contributed by atoms with van der Waals surface area (Å²) < 4.78 is 12.8. The van der Waals surface area contributed by atoms with Crippen LogP contribution in [0.5, 0.6) is 0 Å². The molecule has 0 saturated carbocycles. The van der Waals surface area contributed by atoms with Crippen molar-refractivity contribution in [2.45, 2.75) is 31.6 Å². The number of aliphatic imine (C=N–C) groups is 1. The second kappa shape index (κ2) is 9.94. The summed E-state index contributed by atoms with van der Waals surface area (Å²) in [5.41, 5.74) is 1.23. The number of hydrogen-bond acceptors (Lipinski definition) is 3. The molecule has 3 rings (SSSR count). The highest BCUT2D eigenvalue weighted by atomic mass is 127. The van der Waals surface area contributed by atoms with E-state index in [0.29, 0.717) is 0 Å². The van der Waals surface area contributed by atoms with E-state index in [1.54, 1.807) is 0 Å². The van der Waals surface area contributed by atoms with Gasteiger partial charge in [-0.1, -0.05) is 28.1 Å². The van der Waals surface area contributed by atoms with Crippen LogP contribution < -0.4 is 5.32 Å². The van der Waals surface area contributed by atoms with Crippen LogP contribution in [0.15, 0.2) is 33.7 Å². The van der Waals surface area contributed by atoms with Gasteiger partial charge in [0.25, 0.3) is 0 Å². The predicted molar refractivity (Wildman–Crippen MR) is 110 cm³/mol. The minimum absolute atomic E-state index is 0. The van der Waals surface area contributed by atoms with Crippen LogP contribution in [0.4, 0.5) is 0 Å². The van der Waals surface area contributed by atoms with E-state index in [0.717, 1.165) is 56.1 Å². The highest BCUT2D eigenvalue weighted by molar-refractivity contribution is 14.0. The topological polar surface area (TPSA) is 46.1 Å². The van der Waals surface area contributed by atoms with Crippen LogP contribution in [-0.2, 0) is 16.0 Å². The summed E-state index contributed by atoms with van der Waals surface area (Å²) in [5, 5.41) is 3.45. The van der Waals surface area contributed by atoms with Gasteiger partial charge < -0.3 is 19.7 Å². The molecule has 7 heteroatoms. The summed E-state index contributed by atoms with van der Waals surface area (Å²) in [4.78, 5) is 6.70. The molecule has 1 aromatic rings. The Balaban J connectivity index is 0.00000208. The van der Waals surface area contributed by atoms with Gasteiger partial charge in [-0.05, 0) is 30.5 Å². The summed E-state index contributed by atoms with van der Waals surface area (Å²) in [7, 11) is 1.83. The van der Waals surface area contributed by atoms with Crippen LogP contribution in [0, 0.1) is 0 Å². The summed E-state index contributed by atoms with van der Waals surface area (Å²) in [6.07, 6.45) is 2.63. The molecule has 24 heavy (non-hydrogen) atoms. The molecule has 1 N–H and O–H groups in total. The van der Waals surface area contributed by atoms with Gasteiger partial charge in [0, 0.05) is 37.8 Å². The van der Waals surface area contributed by atoms with E-state index in [1.807, 2.05) is 7.05 Å². The normalized spacial score (nSPS) is 24.6. The number of guanidine groups is 1. The molecule has 2 unspecified atom stereocenters. The number of halogens is 2. The fourth-order valence-electron chi connectivity index (χ4n) is 3.10. The van der Waals surface area contributed by atoms with Gasteiger partial charge in [-0.25, -0.2) is 0 Å². The molecule has 2 fully saturated rings. The van der Waals surface area contributed by atoms with E-state index >= 15 is 0 Å². The summed E-state index contributed by atoms with van der Waals surface area (Å²) in [5.74, 6) is 0.930. The van der Waals surface area contributed by atoms with E-state index in [9.17, 15) is 0 Å². The Morgan fingerprint density at radius 1 is 1.25 bits per heavy atom. The van der Waals surface area contributed by atoms with Crippen molar-refractivity contribution in [1.29, 1.82) is 0 Å². The molecule has 0 amide bonds. The first-order valence-electron chi connectivity index (χ1n) is 8.19. The number of hydrogen-bond donors (Lipinski definition) is 1. The maximum absolute atomic E-state index is 5.91. The third-order valence-electron chi connectivity index (χ3n) is 4.35. The standard InChI is InChI=1S/C17H24BrN3O2.HI/c1-19-17(20-11-13-4-6-14(18)7-5-13)21-8-10-23-16(12-21)15-3-2-9-22-15;/h4-7,15-16H,2-3,8-12H2,1H3,(H,19,20);1H. The zero-order chi connectivity index (χ0) is 16.1. The second-order valence-electron chi connectivity index (χ2n) is 5.93. The molecule has 2 aliphatic heterocycles. The van der Waals surface area contributed by atoms with Crippen LogP contribution in [0.25, 0.3) is 0 Å². The van der Waals surface area contributed by atoms with Gasteiger partial charge in [0.15, 0.2) is 5.96 Å². The number of morpholine rings is 1. The molecule has 0 bridgehead atoms. The van der Waals surface area contributed by atoms with Crippen molar-refractivity contribution >= 4 is 45.9 Å². The van der Waals surface area contributed by atoms with Crippen LogP contribution in [0.1, 0.15) is 18.4 Å². The molecular weight excluding hydrogens is 485 g/mol. The first kappa shape index (κ1) is 19.9. The third kappa shape index (κ3) is 5.31. The minimum Gasteiger partial charge on any atom is -0.375 e. The smallest absolute Gasteiger partial charge is 0.194 e. The molecule has 2 atom stereocenters. The predicted octanol–water partition coefficient (Wildman–Crippen LogP) is 3.02. The Kier molecular flexibility index (Phi) is 8.25. The third-order valence-corrected chi connectivity index (χ3v) is 4.88. The number of nitrogens with zero attached hydrogens (tertiary/aromatic N) is 2. The number of nitrogens with one attached hydrogen (secondary N) is 1. The number of benzene rings is 1. The molecule has 5 nitrogen and oxygen atoms in total. The maximum atomic E-state index is 5.91. The van der Waals surface area contributed by atoms with Gasteiger partial charge in [0.1, 0.15) is 6.10 Å².